The molecule has 0 bridgehead atoms. The van der Waals surface area contributed by atoms with Gasteiger partial charge in [0.25, 0.3) is 0 Å². The number of rotatable bonds is 6. The molecule has 0 saturated carbocycles. The maximum atomic E-state index is 12.5. The van der Waals surface area contributed by atoms with Gasteiger partial charge < -0.3 is 14.6 Å². The van der Waals surface area contributed by atoms with Crippen LogP contribution in [0.3, 0.4) is 0 Å². The predicted molar refractivity (Wildman–Crippen MR) is 111 cm³/mol. The molecule has 162 valence electrons. The first kappa shape index (κ1) is 22.1. The summed E-state index contributed by atoms with van der Waals surface area (Å²) in [6.45, 7) is 8.33. The molecule has 1 saturated heterocycles. The van der Waals surface area contributed by atoms with Crippen LogP contribution in [0.4, 0.5) is 0 Å². The Morgan fingerprint density at radius 1 is 1.31 bits per heavy atom. The van der Waals surface area contributed by atoms with Gasteiger partial charge in [0.05, 0.1) is 18.4 Å². The molecule has 5 heteroatoms. The molecule has 3 aliphatic rings. The Morgan fingerprint density at radius 2 is 2.07 bits per heavy atom. The van der Waals surface area contributed by atoms with E-state index in [0.717, 1.165) is 25.7 Å². The van der Waals surface area contributed by atoms with Crippen LogP contribution in [0, 0.1) is 29.6 Å². The van der Waals surface area contributed by atoms with Crippen molar-refractivity contribution in [3.05, 3.63) is 23.8 Å². The molecule has 2 unspecified atom stereocenters. The fraction of sp³-hybridized carbons (Fsp3) is 0.750. The molecule has 0 amide bonds. The molecule has 0 spiro atoms. The average Bonchev–Trinajstić information content (AvgIpc) is 2.65. The van der Waals surface area contributed by atoms with Crippen molar-refractivity contribution >= 4 is 11.9 Å². The molecular formula is C24H36O5. The molecule has 1 heterocycles. The Labute approximate surface area is 174 Å². The molecule has 0 aromatic heterocycles. The number of fused-ring (bicyclic) bond motifs is 1. The van der Waals surface area contributed by atoms with Crippen LogP contribution in [0.5, 0.6) is 0 Å². The number of aliphatic hydroxyl groups excluding tert-OH is 1. The van der Waals surface area contributed by atoms with Gasteiger partial charge in [-0.2, -0.15) is 0 Å². The maximum Gasteiger partial charge on any atom is 0.308 e. The van der Waals surface area contributed by atoms with Gasteiger partial charge in [0.2, 0.25) is 0 Å². The highest BCUT2D eigenvalue weighted by Gasteiger charge is 2.42. The number of cyclic esters (lactones) is 1. The fourth-order valence-corrected chi connectivity index (χ4v) is 5.07. The van der Waals surface area contributed by atoms with Crippen LogP contribution in [0.1, 0.15) is 66.2 Å². The van der Waals surface area contributed by atoms with Gasteiger partial charge in [-0.3, -0.25) is 9.59 Å². The predicted octanol–water partition coefficient (Wildman–Crippen LogP) is 4.20. The molecule has 5 nitrogen and oxygen atoms in total. The zero-order chi connectivity index (χ0) is 21.1. The van der Waals surface area contributed by atoms with Gasteiger partial charge in [0, 0.05) is 12.3 Å². The fourth-order valence-electron chi connectivity index (χ4n) is 5.07. The van der Waals surface area contributed by atoms with Gasteiger partial charge >= 0.3 is 11.9 Å². The normalized spacial score (nSPS) is 37.9. The number of hydrogen-bond acceptors (Lipinski definition) is 5. The summed E-state index contributed by atoms with van der Waals surface area (Å²) in [4.78, 5) is 24.2. The van der Waals surface area contributed by atoms with Crippen LogP contribution < -0.4 is 0 Å². The number of aliphatic hydroxyl groups is 1. The molecular weight excluding hydrogens is 368 g/mol. The molecule has 0 aromatic rings. The molecule has 1 fully saturated rings. The Hall–Kier alpha value is -1.62. The maximum absolute atomic E-state index is 12.5. The summed E-state index contributed by atoms with van der Waals surface area (Å²) in [5.41, 5.74) is 1.27. The third-order valence-electron chi connectivity index (χ3n) is 6.93. The van der Waals surface area contributed by atoms with Gasteiger partial charge in [0.1, 0.15) is 12.2 Å². The first-order valence-electron chi connectivity index (χ1n) is 11.3. The summed E-state index contributed by atoms with van der Waals surface area (Å²) >= 11 is 0. The minimum atomic E-state index is -0.597. The minimum Gasteiger partial charge on any atom is -0.462 e. The van der Waals surface area contributed by atoms with Crippen molar-refractivity contribution in [2.75, 3.05) is 0 Å². The third kappa shape index (κ3) is 5.30. The monoisotopic (exact) mass is 404 g/mol. The number of carbonyl (C=O) groups is 2. The Balaban J connectivity index is 1.74. The van der Waals surface area contributed by atoms with E-state index in [1.54, 1.807) is 0 Å². The van der Waals surface area contributed by atoms with E-state index in [-0.39, 0.29) is 42.4 Å². The third-order valence-corrected chi connectivity index (χ3v) is 6.93. The van der Waals surface area contributed by atoms with Crippen LogP contribution >= 0.6 is 0 Å². The zero-order valence-corrected chi connectivity index (χ0v) is 18.2. The summed E-state index contributed by atoms with van der Waals surface area (Å²) < 4.78 is 11.5. The minimum absolute atomic E-state index is 0.0854. The zero-order valence-electron chi connectivity index (χ0n) is 18.2. The Bertz CT molecular complexity index is 666. The molecule has 1 N–H and O–H groups in total. The standard InChI is InChI=1S/C24H36O5/c1-5-15(3)24(27)29-21-11-14(2)10-17-7-6-16(4)20(23(17)21)9-8-19-12-18(25)13-22(26)28-19/h6-7,10,14-16,18-21,23,25H,5,8-9,11-13H2,1-4H3/t14?,15-,16-,18+,19+,20-,21?,23-/m1/s1. The van der Waals surface area contributed by atoms with E-state index in [2.05, 4.69) is 32.1 Å². The van der Waals surface area contributed by atoms with Gasteiger partial charge in [-0.25, -0.2) is 0 Å². The van der Waals surface area contributed by atoms with Gasteiger partial charge in [-0.05, 0) is 49.0 Å². The lowest BCUT2D eigenvalue weighted by Crippen LogP contribution is -2.42. The van der Waals surface area contributed by atoms with Crippen molar-refractivity contribution in [1.82, 2.24) is 0 Å². The van der Waals surface area contributed by atoms with Crippen molar-refractivity contribution in [2.45, 2.75) is 84.5 Å². The summed E-state index contributed by atoms with van der Waals surface area (Å²) in [7, 11) is 0. The van der Waals surface area contributed by atoms with Gasteiger partial charge in [0.15, 0.2) is 0 Å². The van der Waals surface area contributed by atoms with E-state index in [1.807, 2.05) is 13.8 Å². The van der Waals surface area contributed by atoms with Crippen LogP contribution in [-0.4, -0.2) is 35.4 Å². The van der Waals surface area contributed by atoms with E-state index >= 15 is 0 Å². The summed E-state index contributed by atoms with van der Waals surface area (Å²) in [6.07, 6.45) is 9.70. The van der Waals surface area contributed by atoms with E-state index < -0.39 is 6.10 Å². The van der Waals surface area contributed by atoms with Crippen molar-refractivity contribution in [2.24, 2.45) is 29.6 Å². The first-order chi connectivity index (χ1) is 13.8. The highest BCUT2D eigenvalue weighted by molar-refractivity contribution is 5.72. The van der Waals surface area contributed by atoms with Crippen LogP contribution in [-0.2, 0) is 19.1 Å². The molecule has 0 aromatic carbocycles. The van der Waals surface area contributed by atoms with Crippen molar-refractivity contribution in [3.63, 3.8) is 0 Å². The van der Waals surface area contributed by atoms with Crippen LogP contribution in [0.25, 0.3) is 0 Å². The smallest absolute Gasteiger partial charge is 0.308 e. The molecule has 1 aliphatic heterocycles. The topological polar surface area (TPSA) is 72.8 Å². The number of ether oxygens (including phenoxy) is 2. The number of hydrogen-bond donors (Lipinski definition) is 1. The molecule has 2 aliphatic carbocycles. The average molecular weight is 405 g/mol. The van der Waals surface area contributed by atoms with E-state index in [4.69, 9.17) is 9.47 Å². The lowest BCUT2D eigenvalue weighted by molar-refractivity contribution is -0.162. The summed E-state index contributed by atoms with van der Waals surface area (Å²) in [6, 6.07) is 0. The number of esters is 2. The quantitative estimate of drug-likeness (QED) is 0.672. The van der Waals surface area contributed by atoms with Crippen molar-refractivity contribution < 1.29 is 24.2 Å². The second kappa shape index (κ2) is 9.46. The van der Waals surface area contributed by atoms with Gasteiger partial charge in [-0.15, -0.1) is 0 Å². The lowest BCUT2D eigenvalue weighted by Gasteiger charge is -2.43. The van der Waals surface area contributed by atoms with Crippen LogP contribution in [0.15, 0.2) is 23.8 Å². The van der Waals surface area contributed by atoms with Crippen molar-refractivity contribution in [3.8, 4) is 0 Å². The molecule has 3 rings (SSSR count). The highest BCUT2D eigenvalue weighted by atomic mass is 16.5. The summed E-state index contributed by atoms with van der Waals surface area (Å²) in [5.74, 6) is 0.755. The Kier molecular flexibility index (Phi) is 7.20. The molecule has 8 atom stereocenters. The second-order valence-electron chi connectivity index (χ2n) is 9.36. The largest absolute Gasteiger partial charge is 0.462 e. The highest BCUT2D eigenvalue weighted by Crippen LogP contribution is 2.45. The number of allylic oxidation sites excluding steroid dienone is 3. The number of carbonyl (C=O) groups excluding carboxylic acids is 2. The Morgan fingerprint density at radius 3 is 2.76 bits per heavy atom. The van der Waals surface area contributed by atoms with Gasteiger partial charge in [-0.1, -0.05) is 45.9 Å². The summed E-state index contributed by atoms with van der Waals surface area (Å²) in [5, 5.41) is 9.89. The second-order valence-corrected chi connectivity index (χ2v) is 9.36. The van der Waals surface area contributed by atoms with Crippen LogP contribution in [0.2, 0.25) is 0 Å². The van der Waals surface area contributed by atoms with E-state index in [9.17, 15) is 14.7 Å². The van der Waals surface area contributed by atoms with E-state index in [1.165, 1.54) is 5.57 Å². The first-order valence-corrected chi connectivity index (χ1v) is 11.3. The SMILES string of the molecule is CC[C@@H](C)C(=O)OC1CC(C)C=C2C=C[C@@H](C)[C@@H](CC[C@H]3C[C@H](O)CC(=O)O3)[C@@H]21. The lowest BCUT2D eigenvalue weighted by atomic mass is 9.65. The molecule has 0 radical (unpaired) electrons. The molecule has 29 heavy (non-hydrogen) atoms. The van der Waals surface area contributed by atoms with Crippen molar-refractivity contribution in [1.29, 1.82) is 0 Å². The van der Waals surface area contributed by atoms with E-state index in [0.29, 0.717) is 24.2 Å².